The average molecular weight is 486 g/mol. The number of piperazine rings is 1. The molecule has 0 spiro atoms. The lowest BCUT2D eigenvalue weighted by Crippen LogP contribution is -2.51. The van der Waals surface area contributed by atoms with Gasteiger partial charge in [-0.15, -0.1) is 0 Å². The summed E-state index contributed by atoms with van der Waals surface area (Å²) in [5.41, 5.74) is 3.53. The molecule has 0 bridgehead atoms. The Bertz CT molecular complexity index is 1320. The van der Waals surface area contributed by atoms with Crippen LogP contribution >= 0.6 is 0 Å². The smallest absolute Gasteiger partial charge is 0.269 e. The maximum Gasteiger partial charge on any atom is 0.269 e. The van der Waals surface area contributed by atoms with Crippen molar-refractivity contribution < 1.29 is 9.72 Å². The Morgan fingerprint density at radius 3 is 2.39 bits per heavy atom. The molecule has 2 aliphatic heterocycles. The molecule has 0 unspecified atom stereocenters. The van der Waals surface area contributed by atoms with Gasteiger partial charge in [0, 0.05) is 62.4 Å². The minimum Gasteiger partial charge on any atom is -0.369 e. The van der Waals surface area contributed by atoms with Gasteiger partial charge in [-0.3, -0.25) is 24.7 Å². The lowest BCUT2D eigenvalue weighted by molar-refractivity contribution is -0.384. The lowest BCUT2D eigenvalue weighted by Gasteiger charge is -2.38. The molecule has 2 fully saturated rings. The van der Waals surface area contributed by atoms with Crippen LogP contribution in [0.25, 0.3) is 0 Å². The van der Waals surface area contributed by atoms with Gasteiger partial charge in [0.05, 0.1) is 22.8 Å². The van der Waals surface area contributed by atoms with E-state index < -0.39 is 0 Å². The number of nitro groups is 1. The number of rotatable bonds is 5. The first-order valence-electron chi connectivity index (χ1n) is 12.2. The van der Waals surface area contributed by atoms with Gasteiger partial charge in [0.2, 0.25) is 0 Å². The van der Waals surface area contributed by atoms with Crippen molar-refractivity contribution in [2.75, 3.05) is 47.5 Å². The summed E-state index contributed by atoms with van der Waals surface area (Å²) in [5, 5.41) is 11.0. The van der Waals surface area contributed by atoms with Crippen molar-refractivity contribution in [3.05, 3.63) is 76.1 Å². The van der Waals surface area contributed by atoms with Gasteiger partial charge in [-0.05, 0) is 55.7 Å². The first-order valence-corrected chi connectivity index (χ1v) is 12.2. The summed E-state index contributed by atoms with van der Waals surface area (Å²) in [6, 6.07) is 12.6. The van der Waals surface area contributed by atoms with E-state index in [2.05, 4.69) is 19.7 Å². The number of anilines is 4. The molecule has 2 aromatic heterocycles. The monoisotopic (exact) mass is 485 g/mol. The van der Waals surface area contributed by atoms with Crippen LogP contribution in [0.4, 0.5) is 28.7 Å². The molecule has 3 aliphatic rings. The first-order chi connectivity index (χ1) is 17.5. The highest BCUT2D eigenvalue weighted by molar-refractivity contribution is 6.13. The second-order valence-electron chi connectivity index (χ2n) is 9.53. The molecule has 10 nitrogen and oxygen atoms in total. The maximum absolute atomic E-state index is 13.9. The molecule has 4 heterocycles. The summed E-state index contributed by atoms with van der Waals surface area (Å²) < 4.78 is 0. The Kier molecular flexibility index (Phi) is 5.52. The average Bonchev–Trinajstić information content (AvgIpc) is 3.74. The highest BCUT2D eigenvalue weighted by Crippen LogP contribution is 2.45. The molecule has 3 aromatic rings. The predicted molar refractivity (Wildman–Crippen MR) is 137 cm³/mol. The van der Waals surface area contributed by atoms with Gasteiger partial charge in [-0.1, -0.05) is 0 Å². The fourth-order valence-electron chi connectivity index (χ4n) is 5.10. The molecule has 36 heavy (non-hydrogen) atoms. The van der Waals surface area contributed by atoms with Gasteiger partial charge < -0.3 is 9.80 Å². The molecule has 1 saturated heterocycles. The number of pyridine rings is 2. The predicted octanol–water partition coefficient (Wildman–Crippen LogP) is 3.73. The largest absolute Gasteiger partial charge is 0.369 e. The van der Waals surface area contributed by atoms with Crippen LogP contribution < -0.4 is 14.7 Å². The van der Waals surface area contributed by atoms with Crippen LogP contribution in [0, 0.1) is 17.0 Å². The number of hydrogen-bond acceptors (Lipinski definition) is 8. The molecular formula is C26H27N7O3. The number of aromatic nitrogens is 2. The van der Waals surface area contributed by atoms with Crippen LogP contribution in [-0.4, -0.2) is 64.6 Å². The van der Waals surface area contributed by atoms with Crippen molar-refractivity contribution in [3.8, 4) is 0 Å². The van der Waals surface area contributed by atoms with Gasteiger partial charge >= 0.3 is 0 Å². The quantitative estimate of drug-likeness (QED) is 0.398. The molecule has 0 radical (unpaired) electrons. The standard InChI is InChI=1S/C26H27N7O3/c1-18-10-12-28-25-23(18)31(26(34)22-3-2-11-27-24(22)32(25)20-6-7-20)17-29-13-15-30(16-14-29)19-4-8-21(9-5-19)33(35)36/h2-5,8-12,20H,6-7,13-17H2,1H3. The third-order valence-electron chi connectivity index (χ3n) is 7.15. The van der Waals surface area contributed by atoms with Crippen molar-refractivity contribution in [1.29, 1.82) is 0 Å². The number of aryl methyl sites for hydroxylation is 1. The number of carbonyl (C=O) groups is 1. The van der Waals surface area contributed by atoms with E-state index in [-0.39, 0.29) is 16.5 Å². The number of non-ortho nitro benzene ring substituents is 1. The number of amides is 1. The van der Waals surface area contributed by atoms with E-state index in [1.165, 1.54) is 0 Å². The van der Waals surface area contributed by atoms with Crippen LogP contribution in [0.2, 0.25) is 0 Å². The molecule has 184 valence electrons. The van der Waals surface area contributed by atoms with E-state index in [0.29, 0.717) is 24.1 Å². The third-order valence-corrected chi connectivity index (χ3v) is 7.15. The van der Waals surface area contributed by atoms with Crippen molar-refractivity contribution in [1.82, 2.24) is 14.9 Å². The fourth-order valence-corrected chi connectivity index (χ4v) is 5.10. The van der Waals surface area contributed by atoms with E-state index in [0.717, 1.165) is 61.8 Å². The molecule has 10 heteroatoms. The van der Waals surface area contributed by atoms with Crippen molar-refractivity contribution >= 4 is 34.6 Å². The van der Waals surface area contributed by atoms with Crippen molar-refractivity contribution in [2.45, 2.75) is 25.8 Å². The van der Waals surface area contributed by atoms with Crippen LogP contribution in [0.5, 0.6) is 0 Å². The fraction of sp³-hybridized carbons (Fsp3) is 0.346. The topological polar surface area (TPSA) is 98.9 Å². The van der Waals surface area contributed by atoms with Gasteiger partial charge in [0.1, 0.15) is 5.82 Å². The van der Waals surface area contributed by atoms with Gasteiger partial charge in [-0.25, -0.2) is 9.97 Å². The third kappa shape index (κ3) is 3.93. The summed E-state index contributed by atoms with van der Waals surface area (Å²) in [7, 11) is 0. The Hall–Kier alpha value is -4.05. The van der Waals surface area contributed by atoms with E-state index >= 15 is 0 Å². The first kappa shape index (κ1) is 22.4. The number of nitrogens with zero attached hydrogens (tertiary/aromatic N) is 7. The molecule has 1 saturated carbocycles. The summed E-state index contributed by atoms with van der Waals surface area (Å²) in [6.45, 7) is 5.56. The number of fused-ring (bicyclic) bond motifs is 2. The molecule has 1 aromatic carbocycles. The van der Waals surface area contributed by atoms with Crippen LogP contribution in [-0.2, 0) is 0 Å². The Balaban J connectivity index is 1.26. The van der Waals surface area contributed by atoms with Gasteiger partial charge in [0.15, 0.2) is 5.82 Å². The summed E-state index contributed by atoms with van der Waals surface area (Å²) in [5.74, 6) is 1.43. The zero-order chi connectivity index (χ0) is 24.8. The number of hydrogen-bond donors (Lipinski definition) is 0. The minimum atomic E-state index is -0.382. The molecule has 1 amide bonds. The second-order valence-corrected chi connectivity index (χ2v) is 9.53. The second kappa shape index (κ2) is 8.87. The van der Waals surface area contributed by atoms with Gasteiger partial charge in [0.25, 0.3) is 11.6 Å². The Morgan fingerprint density at radius 1 is 0.972 bits per heavy atom. The number of carbonyl (C=O) groups excluding carboxylic acids is 1. The van der Waals surface area contributed by atoms with E-state index in [9.17, 15) is 14.9 Å². The minimum absolute atomic E-state index is 0.0589. The lowest BCUT2D eigenvalue weighted by atomic mass is 10.2. The van der Waals surface area contributed by atoms with E-state index in [1.807, 2.05) is 36.2 Å². The summed E-state index contributed by atoms with van der Waals surface area (Å²) in [4.78, 5) is 42.4. The zero-order valence-corrected chi connectivity index (χ0v) is 20.1. The Morgan fingerprint density at radius 2 is 1.69 bits per heavy atom. The number of benzene rings is 1. The van der Waals surface area contributed by atoms with Crippen LogP contribution in [0.3, 0.4) is 0 Å². The number of nitro benzene ring substituents is 1. The molecule has 0 atom stereocenters. The van der Waals surface area contributed by atoms with Crippen LogP contribution in [0.15, 0.2) is 54.9 Å². The van der Waals surface area contributed by atoms with E-state index in [4.69, 9.17) is 4.98 Å². The highest BCUT2D eigenvalue weighted by Gasteiger charge is 2.41. The van der Waals surface area contributed by atoms with E-state index in [1.54, 1.807) is 30.5 Å². The molecule has 6 rings (SSSR count). The summed E-state index contributed by atoms with van der Waals surface area (Å²) in [6.07, 6.45) is 5.67. The van der Waals surface area contributed by atoms with Crippen LogP contribution in [0.1, 0.15) is 28.8 Å². The summed E-state index contributed by atoms with van der Waals surface area (Å²) >= 11 is 0. The zero-order valence-electron chi connectivity index (χ0n) is 20.1. The molecular weight excluding hydrogens is 458 g/mol. The molecule has 0 N–H and O–H groups in total. The Labute approximate surface area is 208 Å². The SMILES string of the molecule is Cc1ccnc2c1N(CN1CCN(c3ccc([N+](=O)[O-])cc3)CC1)C(=O)c1cccnc1N2C1CC1. The highest BCUT2D eigenvalue weighted by atomic mass is 16.6. The normalized spacial score (nSPS) is 18.0. The molecule has 1 aliphatic carbocycles. The van der Waals surface area contributed by atoms with Crippen molar-refractivity contribution in [2.24, 2.45) is 0 Å². The maximum atomic E-state index is 13.9. The van der Waals surface area contributed by atoms with Gasteiger partial charge in [-0.2, -0.15) is 0 Å². The van der Waals surface area contributed by atoms with Crippen molar-refractivity contribution in [3.63, 3.8) is 0 Å².